The number of hydrogen-bond donors (Lipinski definition) is 1. The molecule has 7 heteroatoms. The molecule has 0 bridgehead atoms. The summed E-state index contributed by atoms with van der Waals surface area (Å²) in [6, 6.07) is 10.9. The SMILES string of the molecule is COC(=O)N1c2ccc3c(nc(CCc4ccc(C)c(C)c4)n3[C@@H]3CCC[C@@H](C(=O)O)C3)c2CC[C@@H]1C. The van der Waals surface area contributed by atoms with Gasteiger partial charge in [-0.05, 0) is 88.1 Å². The van der Waals surface area contributed by atoms with E-state index < -0.39 is 5.97 Å². The van der Waals surface area contributed by atoms with Gasteiger partial charge in [-0.25, -0.2) is 9.78 Å². The van der Waals surface area contributed by atoms with E-state index in [-0.39, 0.29) is 24.1 Å². The highest BCUT2D eigenvalue weighted by Crippen LogP contribution is 2.40. The number of rotatable bonds is 5. The minimum absolute atomic E-state index is 0.0541. The number of carboxylic acid groups (broad SMARTS) is 1. The van der Waals surface area contributed by atoms with Gasteiger partial charge in [0.2, 0.25) is 0 Å². The minimum atomic E-state index is -0.703. The van der Waals surface area contributed by atoms with Crippen LogP contribution in [0, 0.1) is 19.8 Å². The standard InChI is InChI=1S/C30H37N3O4/c1-18-8-10-21(16-19(18)2)11-15-27-31-28-24-12-9-20(3)32(30(36)37-4)25(24)13-14-26(28)33(27)23-7-5-6-22(17-23)29(34)35/h8,10,13-14,16,20,22-23H,5-7,9,11-12,15,17H2,1-4H3,(H,34,35)/t20-,22+,23+/m0/s1. The highest BCUT2D eigenvalue weighted by Gasteiger charge is 2.34. The number of aryl methyl sites for hydroxylation is 5. The lowest BCUT2D eigenvalue weighted by Crippen LogP contribution is -2.42. The number of aliphatic carboxylic acids is 1. The lowest BCUT2D eigenvalue weighted by atomic mass is 9.85. The summed E-state index contributed by atoms with van der Waals surface area (Å²) in [6.45, 7) is 6.32. The van der Waals surface area contributed by atoms with E-state index in [1.54, 1.807) is 4.90 Å². The van der Waals surface area contributed by atoms with Crippen LogP contribution < -0.4 is 4.90 Å². The minimum Gasteiger partial charge on any atom is -0.481 e. The van der Waals surface area contributed by atoms with Gasteiger partial charge >= 0.3 is 12.1 Å². The molecule has 1 aliphatic carbocycles. The van der Waals surface area contributed by atoms with Crippen LogP contribution in [0.1, 0.15) is 73.1 Å². The van der Waals surface area contributed by atoms with Crippen LogP contribution >= 0.6 is 0 Å². The molecule has 1 amide bonds. The molecule has 37 heavy (non-hydrogen) atoms. The molecule has 7 nitrogen and oxygen atoms in total. The molecular formula is C30H37N3O4. The first-order chi connectivity index (χ1) is 17.8. The van der Waals surface area contributed by atoms with E-state index >= 15 is 0 Å². The number of hydrogen-bond acceptors (Lipinski definition) is 4. The van der Waals surface area contributed by atoms with Gasteiger partial charge < -0.3 is 14.4 Å². The Labute approximate surface area is 218 Å². The predicted molar refractivity (Wildman–Crippen MR) is 144 cm³/mol. The maximum absolute atomic E-state index is 12.6. The third kappa shape index (κ3) is 4.72. The zero-order chi connectivity index (χ0) is 26.3. The summed E-state index contributed by atoms with van der Waals surface area (Å²) in [7, 11) is 1.42. The van der Waals surface area contributed by atoms with Crippen LogP contribution in [0.3, 0.4) is 0 Å². The normalized spacial score (nSPS) is 21.6. The Hall–Kier alpha value is -3.35. The number of carboxylic acids is 1. The van der Waals surface area contributed by atoms with Gasteiger partial charge in [-0.3, -0.25) is 9.69 Å². The second-order valence-corrected chi connectivity index (χ2v) is 10.8. The van der Waals surface area contributed by atoms with Crippen LogP contribution in [0.4, 0.5) is 10.5 Å². The summed E-state index contributed by atoms with van der Waals surface area (Å²) in [5.74, 6) is -0.0242. The Morgan fingerprint density at radius 2 is 1.89 bits per heavy atom. The van der Waals surface area contributed by atoms with E-state index in [4.69, 9.17) is 9.72 Å². The summed E-state index contributed by atoms with van der Waals surface area (Å²) in [6.07, 6.45) is 6.19. The second-order valence-electron chi connectivity index (χ2n) is 10.8. The largest absolute Gasteiger partial charge is 0.481 e. The number of carbonyl (C=O) groups is 2. The van der Waals surface area contributed by atoms with Gasteiger partial charge in [-0.1, -0.05) is 24.6 Å². The van der Waals surface area contributed by atoms with Gasteiger partial charge in [0, 0.05) is 24.1 Å². The average Bonchev–Trinajstić information content (AvgIpc) is 3.27. The molecule has 0 spiro atoms. The molecule has 1 aromatic heterocycles. The van der Waals surface area contributed by atoms with E-state index in [0.29, 0.717) is 6.42 Å². The Balaban J connectivity index is 1.59. The maximum atomic E-state index is 12.6. The van der Waals surface area contributed by atoms with Crippen LogP contribution in [0.5, 0.6) is 0 Å². The van der Waals surface area contributed by atoms with Crippen molar-refractivity contribution in [3.63, 3.8) is 0 Å². The summed E-state index contributed by atoms with van der Waals surface area (Å²) >= 11 is 0. The fourth-order valence-corrected chi connectivity index (χ4v) is 6.24. The molecule has 0 radical (unpaired) electrons. The maximum Gasteiger partial charge on any atom is 0.414 e. The van der Waals surface area contributed by atoms with Gasteiger partial charge in [0.25, 0.3) is 0 Å². The third-order valence-corrected chi connectivity index (χ3v) is 8.47. The fraction of sp³-hybridized carbons (Fsp3) is 0.500. The van der Waals surface area contributed by atoms with Gasteiger partial charge in [-0.2, -0.15) is 0 Å². The van der Waals surface area contributed by atoms with Crippen molar-refractivity contribution in [3.8, 4) is 0 Å². The zero-order valence-corrected chi connectivity index (χ0v) is 22.3. The summed E-state index contributed by atoms with van der Waals surface area (Å²) in [5, 5.41) is 9.75. The number of benzene rings is 2. The third-order valence-electron chi connectivity index (χ3n) is 8.47. The summed E-state index contributed by atoms with van der Waals surface area (Å²) in [5.41, 5.74) is 7.78. The number of imidazole rings is 1. The van der Waals surface area contributed by atoms with Crippen molar-refractivity contribution in [2.24, 2.45) is 5.92 Å². The van der Waals surface area contributed by atoms with E-state index in [1.165, 1.54) is 23.8 Å². The van der Waals surface area contributed by atoms with Crippen LogP contribution in [-0.2, 0) is 28.8 Å². The highest BCUT2D eigenvalue weighted by molar-refractivity contribution is 5.95. The number of anilines is 1. The fourth-order valence-electron chi connectivity index (χ4n) is 6.24. The first kappa shape index (κ1) is 25.3. The summed E-state index contributed by atoms with van der Waals surface area (Å²) in [4.78, 5) is 31.4. The number of methoxy groups -OCH3 is 1. The lowest BCUT2D eigenvalue weighted by Gasteiger charge is -2.34. The van der Waals surface area contributed by atoms with E-state index in [1.807, 2.05) is 13.0 Å². The molecule has 1 N–H and O–H groups in total. The first-order valence-corrected chi connectivity index (χ1v) is 13.5. The molecule has 196 valence electrons. The molecule has 1 fully saturated rings. The Kier molecular flexibility index (Phi) is 6.97. The topological polar surface area (TPSA) is 84.7 Å². The van der Waals surface area contributed by atoms with Gasteiger partial charge in [0.05, 0.1) is 29.7 Å². The number of ether oxygens (including phenoxy) is 1. The quantitative estimate of drug-likeness (QED) is 0.451. The van der Waals surface area contributed by atoms with Crippen molar-refractivity contribution >= 4 is 28.8 Å². The predicted octanol–water partition coefficient (Wildman–Crippen LogP) is 6.16. The number of carbonyl (C=O) groups excluding carboxylic acids is 1. The molecule has 2 aromatic carbocycles. The summed E-state index contributed by atoms with van der Waals surface area (Å²) < 4.78 is 7.42. The number of nitrogens with zero attached hydrogens (tertiary/aromatic N) is 3. The van der Waals surface area contributed by atoms with Crippen LogP contribution in [0.15, 0.2) is 30.3 Å². The van der Waals surface area contributed by atoms with Crippen molar-refractivity contribution < 1.29 is 19.4 Å². The number of fused-ring (bicyclic) bond motifs is 3. The molecule has 3 aromatic rings. The van der Waals surface area contributed by atoms with Crippen LogP contribution in [0.25, 0.3) is 11.0 Å². The Morgan fingerprint density at radius 1 is 1.08 bits per heavy atom. The number of aromatic nitrogens is 2. The van der Waals surface area contributed by atoms with Crippen LogP contribution in [0.2, 0.25) is 0 Å². The van der Waals surface area contributed by atoms with E-state index in [2.05, 4.69) is 42.7 Å². The van der Waals surface area contributed by atoms with Gasteiger partial charge in [-0.15, -0.1) is 0 Å². The monoisotopic (exact) mass is 503 g/mol. The molecule has 1 saturated carbocycles. The average molecular weight is 504 g/mol. The Bertz CT molecular complexity index is 1340. The molecule has 3 atom stereocenters. The highest BCUT2D eigenvalue weighted by atomic mass is 16.5. The molecule has 0 unspecified atom stereocenters. The van der Waals surface area contributed by atoms with E-state index in [0.717, 1.165) is 73.1 Å². The molecule has 1 aliphatic heterocycles. The van der Waals surface area contributed by atoms with Crippen molar-refractivity contribution in [3.05, 3.63) is 58.4 Å². The molecule has 2 heterocycles. The second kappa shape index (κ2) is 10.2. The van der Waals surface area contributed by atoms with Crippen LogP contribution in [-0.4, -0.2) is 39.9 Å². The van der Waals surface area contributed by atoms with Crippen molar-refractivity contribution in [1.29, 1.82) is 0 Å². The van der Waals surface area contributed by atoms with Gasteiger partial charge in [0.1, 0.15) is 5.82 Å². The first-order valence-electron chi connectivity index (χ1n) is 13.5. The van der Waals surface area contributed by atoms with Crippen molar-refractivity contribution in [2.45, 2.75) is 84.2 Å². The van der Waals surface area contributed by atoms with Gasteiger partial charge in [0.15, 0.2) is 0 Å². The molecule has 0 saturated heterocycles. The molecule has 2 aliphatic rings. The number of amides is 1. The molecule has 5 rings (SSSR count). The van der Waals surface area contributed by atoms with E-state index in [9.17, 15) is 14.7 Å². The zero-order valence-electron chi connectivity index (χ0n) is 22.3. The Morgan fingerprint density at radius 3 is 2.62 bits per heavy atom. The van der Waals surface area contributed by atoms with Crippen molar-refractivity contribution in [1.82, 2.24) is 9.55 Å². The smallest absolute Gasteiger partial charge is 0.414 e. The lowest BCUT2D eigenvalue weighted by molar-refractivity contribution is -0.143. The van der Waals surface area contributed by atoms with Crippen molar-refractivity contribution in [2.75, 3.05) is 12.0 Å². The molecular weight excluding hydrogens is 466 g/mol.